The van der Waals surface area contributed by atoms with E-state index in [2.05, 4.69) is 25.3 Å². The number of rotatable bonds is 5. The van der Waals surface area contributed by atoms with Crippen molar-refractivity contribution in [3.63, 3.8) is 0 Å². The highest BCUT2D eigenvalue weighted by Crippen LogP contribution is 2.31. The Morgan fingerprint density at radius 1 is 1.07 bits per heavy atom. The summed E-state index contributed by atoms with van der Waals surface area (Å²) in [5.74, 6) is 0.782. The van der Waals surface area contributed by atoms with Gasteiger partial charge in [-0.1, -0.05) is 0 Å². The van der Waals surface area contributed by atoms with Crippen LogP contribution < -0.4 is 5.32 Å². The first-order valence-electron chi connectivity index (χ1n) is 9.55. The van der Waals surface area contributed by atoms with Crippen LogP contribution in [0, 0.1) is 12.7 Å². The Hall–Kier alpha value is -2.98. The lowest BCUT2D eigenvalue weighted by molar-refractivity contribution is 0.316. The summed E-state index contributed by atoms with van der Waals surface area (Å²) in [6.45, 7) is 2.34. The minimum absolute atomic E-state index is 0.0990. The molecule has 0 radical (unpaired) electrons. The number of anilines is 2. The van der Waals surface area contributed by atoms with Crippen LogP contribution >= 0.6 is 0 Å². The van der Waals surface area contributed by atoms with Crippen LogP contribution in [0.2, 0.25) is 0 Å². The van der Waals surface area contributed by atoms with E-state index < -0.39 is 15.8 Å². The molecule has 1 aliphatic rings. The minimum Gasteiger partial charge on any atom is -0.322 e. The topological polar surface area (TPSA) is 101 Å². The number of nitrogens with one attached hydrogen (secondary N) is 1. The summed E-state index contributed by atoms with van der Waals surface area (Å²) in [7, 11) is -3.66. The fourth-order valence-electron chi connectivity index (χ4n) is 3.57. The van der Waals surface area contributed by atoms with Crippen LogP contribution in [0.4, 0.5) is 16.0 Å². The first-order valence-corrected chi connectivity index (χ1v) is 11.0. The Morgan fingerprint density at radius 2 is 1.83 bits per heavy atom. The average molecular weight is 428 g/mol. The van der Waals surface area contributed by atoms with Gasteiger partial charge in [0.2, 0.25) is 10.0 Å². The Labute approximate surface area is 174 Å². The van der Waals surface area contributed by atoms with Crippen LogP contribution in [0.1, 0.15) is 30.0 Å². The SMILES string of the molecule is Cc1cc(F)ccc1S(=O)(=O)N1CCC(c2cncc(Nc3cnccn3)n2)CC1. The second kappa shape index (κ2) is 8.41. The van der Waals surface area contributed by atoms with Gasteiger partial charge in [-0.2, -0.15) is 4.31 Å². The van der Waals surface area contributed by atoms with Gasteiger partial charge < -0.3 is 5.32 Å². The van der Waals surface area contributed by atoms with Crippen LogP contribution in [-0.4, -0.2) is 45.7 Å². The highest BCUT2D eigenvalue weighted by molar-refractivity contribution is 7.89. The standard InChI is InChI=1S/C20H21FN6O2S/c1-14-10-16(21)2-3-18(14)30(28,29)27-8-4-15(5-9-27)17-11-23-13-20(25-17)26-19-12-22-6-7-24-19/h2-3,6-7,10-13,15H,4-5,8-9H2,1H3,(H,24,25,26). The molecule has 1 aromatic carbocycles. The molecule has 1 fully saturated rings. The highest BCUT2D eigenvalue weighted by atomic mass is 32.2. The summed E-state index contributed by atoms with van der Waals surface area (Å²) in [5, 5.41) is 3.06. The Kier molecular flexibility index (Phi) is 5.69. The Morgan fingerprint density at radius 3 is 2.53 bits per heavy atom. The summed E-state index contributed by atoms with van der Waals surface area (Å²) in [6.07, 6.45) is 9.33. The first kappa shape index (κ1) is 20.3. The lowest BCUT2D eigenvalue weighted by Crippen LogP contribution is -2.38. The summed E-state index contributed by atoms with van der Waals surface area (Å²) >= 11 is 0. The van der Waals surface area contributed by atoms with Crippen molar-refractivity contribution in [1.82, 2.24) is 24.2 Å². The van der Waals surface area contributed by atoms with Crippen LogP contribution in [-0.2, 0) is 10.0 Å². The number of aryl methyl sites for hydroxylation is 1. The lowest BCUT2D eigenvalue weighted by Gasteiger charge is -2.31. The molecule has 30 heavy (non-hydrogen) atoms. The van der Waals surface area contributed by atoms with Gasteiger partial charge in [0.1, 0.15) is 17.5 Å². The lowest BCUT2D eigenvalue weighted by atomic mass is 9.95. The molecule has 3 heterocycles. The Bertz CT molecular complexity index is 1140. The van der Waals surface area contributed by atoms with E-state index in [0.29, 0.717) is 43.1 Å². The Balaban J connectivity index is 1.45. The third kappa shape index (κ3) is 4.29. The molecule has 156 valence electrons. The maximum Gasteiger partial charge on any atom is 0.243 e. The number of hydrogen-bond acceptors (Lipinski definition) is 7. The molecule has 0 saturated carbocycles. The highest BCUT2D eigenvalue weighted by Gasteiger charge is 2.31. The fourth-order valence-corrected chi connectivity index (χ4v) is 5.24. The van der Waals surface area contributed by atoms with Crippen molar-refractivity contribution in [2.75, 3.05) is 18.4 Å². The van der Waals surface area contributed by atoms with Gasteiger partial charge in [0.25, 0.3) is 0 Å². The number of piperidine rings is 1. The molecule has 1 saturated heterocycles. The van der Waals surface area contributed by atoms with Crippen molar-refractivity contribution in [2.45, 2.75) is 30.6 Å². The van der Waals surface area contributed by atoms with E-state index in [4.69, 9.17) is 0 Å². The summed E-state index contributed by atoms with van der Waals surface area (Å²) in [4.78, 5) is 17.2. The minimum atomic E-state index is -3.66. The van der Waals surface area contributed by atoms with E-state index >= 15 is 0 Å². The van der Waals surface area contributed by atoms with Gasteiger partial charge in [-0.05, 0) is 43.5 Å². The second-order valence-corrected chi connectivity index (χ2v) is 9.04. The van der Waals surface area contributed by atoms with Gasteiger partial charge in [-0.25, -0.2) is 22.8 Å². The van der Waals surface area contributed by atoms with Crippen molar-refractivity contribution in [2.24, 2.45) is 0 Å². The predicted molar refractivity (Wildman–Crippen MR) is 109 cm³/mol. The predicted octanol–water partition coefficient (Wildman–Crippen LogP) is 3.03. The second-order valence-electron chi connectivity index (χ2n) is 7.13. The molecule has 10 heteroatoms. The number of halogens is 1. The van der Waals surface area contributed by atoms with Gasteiger partial charge in [0.05, 0.1) is 23.0 Å². The molecule has 0 unspecified atom stereocenters. The molecule has 0 bridgehead atoms. The van der Waals surface area contributed by atoms with Gasteiger partial charge >= 0.3 is 0 Å². The van der Waals surface area contributed by atoms with E-state index in [0.717, 1.165) is 5.69 Å². The molecule has 4 rings (SSSR count). The largest absolute Gasteiger partial charge is 0.322 e. The average Bonchev–Trinajstić information content (AvgIpc) is 2.74. The summed E-state index contributed by atoms with van der Waals surface area (Å²) < 4.78 is 40.8. The molecule has 1 aliphatic heterocycles. The summed E-state index contributed by atoms with van der Waals surface area (Å²) in [5.41, 5.74) is 1.21. The summed E-state index contributed by atoms with van der Waals surface area (Å²) in [6, 6.07) is 3.75. The van der Waals surface area contributed by atoms with Crippen LogP contribution in [0.15, 0.2) is 54.1 Å². The molecule has 3 aromatic rings. The van der Waals surface area contributed by atoms with E-state index in [1.54, 1.807) is 37.9 Å². The molecular formula is C20H21FN6O2S. The third-order valence-corrected chi connectivity index (χ3v) is 7.16. The third-order valence-electron chi connectivity index (χ3n) is 5.10. The number of hydrogen-bond donors (Lipinski definition) is 1. The number of benzene rings is 1. The molecule has 0 atom stereocenters. The number of aromatic nitrogens is 4. The molecule has 1 N–H and O–H groups in total. The van der Waals surface area contributed by atoms with Crippen molar-refractivity contribution < 1.29 is 12.8 Å². The molecule has 8 nitrogen and oxygen atoms in total. The van der Waals surface area contributed by atoms with Crippen molar-refractivity contribution in [1.29, 1.82) is 0 Å². The van der Waals surface area contributed by atoms with E-state index in [-0.39, 0.29) is 10.8 Å². The zero-order valence-corrected chi connectivity index (χ0v) is 17.2. The van der Waals surface area contributed by atoms with Gasteiger partial charge in [0.15, 0.2) is 0 Å². The van der Waals surface area contributed by atoms with Gasteiger partial charge in [-0.3, -0.25) is 9.97 Å². The molecule has 0 amide bonds. The van der Waals surface area contributed by atoms with Gasteiger partial charge in [0, 0.05) is 37.6 Å². The quantitative estimate of drug-likeness (QED) is 0.666. The van der Waals surface area contributed by atoms with Crippen molar-refractivity contribution >= 4 is 21.7 Å². The van der Waals surface area contributed by atoms with Crippen LogP contribution in [0.5, 0.6) is 0 Å². The van der Waals surface area contributed by atoms with E-state index in [1.807, 2.05) is 0 Å². The molecule has 0 spiro atoms. The molecule has 2 aromatic heterocycles. The van der Waals surface area contributed by atoms with E-state index in [9.17, 15) is 12.8 Å². The van der Waals surface area contributed by atoms with Gasteiger partial charge in [-0.15, -0.1) is 0 Å². The van der Waals surface area contributed by atoms with Crippen LogP contribution in [0.3, 0.4) is 0 Å². The monoisotopic (exact) mass is 428 g/mol. The zero-order chi connectivity index (χ0) is 21.1. The van der Waals surface area contributed by atoms with Crippen molar-refractivity contribution in [3.05, 3.63) is 66.3 Å². The van der Waals surface area contributed by atoms with Crippen LogP contribution in [0.25, 0.3) is 0 Å². The maximum absolute atomic E-state index is 13.4. The van der Waals surface area contributed by atoms with E-state index in [1.165, 1.54) is 22.5 Å². The zero-order valence-electron chi connectivity index (χ0n) is 16.4. The normalized spacial score (nSPS) is 15.8. The van der Waals surface area contributed by atoms with Crippen molar-refractivity contribution in [3.8, 4) is 0 Å². The number of sulfonamides is 1. The maximum atomic E-state index is 13.4. The fraction of sp³-hybridized carbons (Fsp3) is 0.300. The smallest absolute Gasteiger partial charge is 0.243 e. The number of nitrogens with zero attached hydrogens (tertiary/aromatic N) is 5. The molecular weight excluding hydrogens is 407 g/mol. The first-order chi connectivity index (χ1) is 14.4. The molecule has 0 aliphatic carbocycles.